The van der Waals surface area contributed by atoms with Crippen molar-refractivity contribution in [2.45, 2.75) is 109 Å². The summed E-state index contributed by atoms with van der Waals surface area (Å²) < 4.78 is 5.36. The maximum atomic E-state index is 12.2. The maximum Gasteiger partial charge on any atom is 0.309 e. The highest BCUT2D eigenvalue weighted by Gasteiger charge is 2.36. The molecule has 0 bridgehead atoms. The van der Waals surface area contributed by atoms with Crippen LogP contribution in [0.1, 0.15) is 109 Å². The zero-order valence-electron chi connectivity index (χ0n) is 17.8. The number of carbonyl (C=O) groups is 2. The predicted octanol–water partition coefficient (Wildman–Crippen LogP) is 6.68. The minimum atomic E-state index is -0.852. The Bertz CT molecular complexity index is 432. The van der Waals surface area contributed by atoms with E-state index in [9.17, 15) is 14.7 Å². The van der Waals surface area contributed by atoms with Gasteiger partial charge in [-0.2, -0.15) is 0 Å². The topological polar surface area (TPSA) is 63.6 Å². The van der Waals surface area contributed by atoms with Crippen molar-refractivity contribution in [2.75, 3.05) is 6.61 Å². The van der Waals surface area contributed by atoms with Crippen LogP contribution < -0.4 is 0 Å². The van der Waals surface area contributed by atoms with E-state index in [4.69, 9.17) is 4.74 Å². The highest BCUT2D eigenvalue weighted by molar-refractivity contribution is 5.81. The molecule has 28 heavy (non-hydrogen) atoms. The summed E-state index contributed by atoms with van der Waals surface area (Å²) in [5, 5.41) is 9.25. The lowest BCUT2D eigenvalue weighted by Crippen LogP contribution is -2.33. The Morgan fingerprint density at radius 1 is 0.786 bits per heavy atom. The first-order valence-corrected chi connectivity index (χ1v) is 11.7. The van der Waals surface area contributed by atoms with Crippen molar-refractivity contribution in [2.24, 2.45) is 11.8 Å². The molecule has 0 heterocycles. The Hall–Kier alpha value is -1.32. The van der Waals surface area contributed by atoms with Gasteiger partial charge in [-0.3, -0.25) is 9.59 Å². The Morgan fingerprint density at radius 3 is 1.75 bits per heavy atom. The zero-order chi connectivity index (χ0) is 20.5. The number of rotatable bonds is 17. The van der Waals surface area contributed by atoms with E-state index in [0.29, 0.717) is 19.4 Å². The normalized spacial score (nSPS) is 19.3. The first kappa shape index (κ1) is 24.7. The molecule has 0 aromatic heterocycles. The summed E-state index contributed by atoms with van der Waals surface area (Å²) in [6.45, 7) is 4.19. The van der Waals surface area contributed by atoms with E-state index < -0.39 is 17.8 Å². The maximum absolute atomic E-state index is 12.2. The van der Waals surface area contributed by atoms with Crippen molar-refractivity contribution in [3.8, 4) is 0 Å². The Kier molecular flexibility index (Phi) is 14.7. The van der Waals surface area contributed by atoms with Gasteiger partial charge in [-0.25, -0.2) is 0 Å². The number of hydrogen-bond acceptors (Lipinski definition) is 3. The molecule has 1 N–H and O–H groups in total. The van der Waals surface area contributed by atoms with Crippen LogP contribution in [0.15, 0.2) is 12.7 Å². The molecule has 4 heteroatoms. The molecular weight excluding hydrogens is 352 g/mol. The van der Waals surface area contributed by atoms with E-state index in [0.717, 1.165) is 32.1 Å². The molecular formula is C24H42O4. The fraction of sp³-hybridized carbons (Fsp3) is 0.833. The minimum absolute atomic E-state index is 0.295. The number of carboxylic acid groups (broad SMARTS) is 1. The van der Waals surface area contributed by atoms with Gasteiger partial charge in [0.25, 0.3) is 0 Å². The molecule has 4 nitrogen and oxygen atoms in total. The molecule has 1 aliphatic rings. The lowest BCUT2D eigenvalue weighted by atomic mass is 9.79. The standard InChI is InChI=1S/C24H42O4/c1-2-3-4-5-6-7-8-9-10-11-12-13-14-17-20-28-24(27)22-19-16-15-18-21(22)23(25)26/h2,21-22H,1,3-20H2,(H,25,26). The van der Waals surface area contributed by atoms with Crippen molar-refractivity contribution in [1.29, 1.82) is 0 Å². The van der Waals surface area contributed by atoms with Crippen LogP contribution in [0.5, 0.6) is 0 Å². The molecule has 1 saturated carbocycles. The van der Waals surface area contributed by atoms with Gasteiger partial charge in [0.15, 0.2) is 0 Å². The summed E-state index contributed by atoms with van der Waals surface area (Å²) >= 11 is 0. The van der Waals surface area contributed by atoms with Crippen molar-refractivity contribution in [3.05, 3.63) is 12.7 Å². The van der Waals surface area contributed by atoms with Crippen LogP contribution in [0, 0.1) is 11.8 Å². The van der Waals surface area contributed by atoms with Gasteiger partial charge < -0.3 is 9.84 Å². The van der Waals surface area contributed by atoms with E-state index in [1.54, 1.807) is 0 Å². The molecule has 0 amide bonds. The number of hydrogen-bond donors (Lipinski definition) is 1. The second-order valence-electron chi connectivity index (χ2n) is 8.32. The van der Waals surface area contributed by atoms with Crippen molar-refractivity contribution in [3.63, 3.8) is 0 Å². The Balaban J connectivity index is 1.89. The van der Waals surface area contributed by atoms with Crippen LogP contribution in [-0.4, -0.2) is 23.7 Å². The fourth-order valence-electron chi connectivity index (χ4n) is 4.15. The monoisotopic (exact) mass is 394 g/mol. The summed E-state index contributed by atoms with van der Waals surface area (Å²) in [6.07, 6.45) is 21.4. The summed E-state index contributed by atoms with van der Waals surface area (Å²) in [5.74, 6) is -2.13. The van der Waals surface area contributed by atoms with Gasteiger partial charge in [0.05, 0.1) is 18.4 Å². The molecule has 0 aromatic rings. The zero-order valence-corrected chi connectivity index (χ0v) is 17.8. The third-order valence-corrected chi connectivity index (χ3v) is 5.93. The lowest BCUT2D eigenvalue weighted by molar-refractivity contribution is -0.159. The second-order valence-corrected chi connectivity index (χ2v) is 8.32. The van der Waals surface area contributed by atoms with E-state index in [1.165, 1.54) is 64.2 Å². The van der Waals surface area contributed by atoms with Gasteiger partial charge in [-0.15, -0.1) is 6.58 Å². The molecule has 0 radical (unpaired) electrons. The summed E-state index contributed by atoms with van der Waals surface area (Å²) in [4.78, 5) is 23.4. The first-order chi connectivity index (χ1) is 13.7. The second kappa shape index (κ2) is 16.6. The van der Waals surface area contributed by atoms with Gasteiger partial charge in [-0.1, -0.05) is 83.1 Å². The van der Waals surface area contributed by atoms with Crippen molar-refractivity contribution >= 4 is 11.9 Å². The Morgan fingerprint density at radius 2 is 1.25 bits per heavy atom. The van der Waals surface area contributed by atoms with Gasteiger partial charge in [-0.05, 0) is 32.1 Å². The summed E-state index contributed by atoms with van der Waals surface area (Å²) in [7, 11) is 0. The number of unbranched alkanes of at least 4 members (excludes halogenated alkanes) is 12. The average Bonchev–Trinajstić information content (AvgIpc) is 2.70. The number of aliphatic carboxylic acids is 1. The molecule has 0 saturated heterocycles. The largest absolute Gasteiger partial charge is 0.481 e. The van der Waals surface area contributed by atoms with Crippen LogP contribution in [0.2, 0.25) is 0 Å². The average molecular weight is 395 g/mol. The number of allylic oxidation sites excluding steroid dienone is 1. The Labute approximate surface area is 172 Å². The highest BCUT2D eigenvalue weighted by atomic mass is 16.5. The number of carbonyl (C=O) groups excluding carboxylic acids is 1. The molecule has 162 valence electrons. The molecule has 2 unspecified atom stereocenters. The van der Waals surface area contributed by atoms with Crippen molar-refractivity contribution in [1.82, 2.24) is 0 Å². The molecule has 0 spiro atoms. The quantitative estimate of drug-likeness (QED) is 0.170. The van der Waals surface area contributed by atoms with E-state index in [2.05, 4.69) is 6.58 Å². The van der Waals surface area contributed by atoms with E-state index in [1.807, 2.05) is 6.08 Å². The smallest absolute Gasteiger partial charge is 0.309 e. The third-order valence-electron chi connectivity index (χ3n) is 5.93. The first-order valence-electron chi connectivity index (χ1n) is 11.7. The van der Waals surface area contributed by atoms with Crippen LogP contribution in [-0.2, 0) is 14.3 Å². The highest BCUT2D eigenvalue weighted by Crippen LogP contribution is 2.31. The lowest BCUT2D eigenvalue weighted by Gasteiger charge is -2.26. The van der Waals surface area contributed by atoms with Crippen LogP contribution in [0.4, 0.5) is 0 Å². The SMILES string of the molecule is C=CCCCCCCCCCCCCCCOC(=O)C1CCCCC1C(=O)O. The van der Waals surface area contributed by atoms with Gasteiger partial charge in [0.2, 0.25) is 0 Å². The number of esters is 1. The van der Waals surface area contributed by atoms with Crippen molar-refractivity contribution < 1.29 is 19.4 Å². The number of carboxylic acids is 1. The third kappa shape index (κ3) is 11.5. The predicted molar refractivity (Wildman–Crippen MR) is 114 cm³/mol. The van der Waals surface area contributed by atoms with E-state index >= 15 is 0 Å². The molecule has 2 atom stereocenters. The minimum Gasteiger partial charge on any atom is -0.481 e. The van der Waals surface area contributed by atoms with Gasteiger partial charge in [0.1, 0.15) is 0 Å². The molecule has 0 aliphatic heterocycles. The molecule has 1 rings (SSSR count). The van der Waals surface area contributed by atoms with Crippen LogP contribution >= 0.6 is 0 Å². The number of ether oxygens (including phenoxy) is 1. The molecule has 1 fully saturated rings. The molecule has 0 aromatic carbocycles. The van der Waals surface area contributed by atoms with Gasteiger partial charge in [0, 0.05) is 0 Å². The van der Waals surface area contributed by atoms with Crippen LogP contribution in [0.25, 0.3) is 0 Å². The van der Waals surface area contributed by atoms with Crippen LogP contribution in [0.3, 0.4) is 0 Å². The van der Waals surface area contributed by atoms with E-state index in [-0.39, 0.29) is 5.97 Å². The van der Waals surface area contributed by atoms with Gasteiger partial charge >= 0.3 is 11.9 Å². The summed E-state index contributed by atoms with van der Waals surface area (Å²) in [6, 6.07) is 0. The fourth-order valence-corrected chi connectivity index (χ4v) is 4.15. The molecule has 1 aliphatic carbocycles. The summed E-state index contributed by atoms with van der Waals surface area (Å²) in [5.41, 5.74) is 0.